The molecule has 0 aliphatic rings. The first-order chi connectivity index (χ1) is 20.0. The Morgan fingerprint density at radius 3 is 1.59 bits per heavy atom. The van der Waals surface area contributed by atoms with Crippen molar-refractivity contribution in [1.29, 1.82) is 0 Å². The zero-order valence-corrected chi connectivity index (χ0v) is 23.9. The normalized spacial score (nSPS) is 12.7. The summed E-state index contributed by atoms with van der Waals surface area (Å²) >= 11 is 0. The van der Waals surface area contributed by atoms with Gasteiger partial charge in [0.1, 0.15) is 10.6 Å². The second-order valence-electron chi connectivity index (χ2n) is 9.80. The van der Waals surface area contributed by atoms with E-state index in [0.717, 1.165) is 41.6 Å². The highest BCUT2D eigenvalue weighted by Crippen LogP contribution is 2.70. The van der Waals surface area contributed by atoms with Crippen molar-refractivity contribution >= 4 is 52.7 Å². The maximum absolute atomic E-state index is 14.6. The Kier molecular flexibility index (Phi) is 6.20. The lowest BCUT2D eigenvalue weighted by Gasteiger charge is -2.39. The summed E-state index contributed by atoms with van der Waals surface area (Å²) in [4.78, 5) is 2.45. The minimum atomic E-state index is -4.30. The van der Waals surface area contributed by atoms with E-state index in [9.17, 15) is 8.42 Å². The van der Waals surface area contributed by atoms with Gasteiger partial charge in [0.2, 0.25) is 0 Å². The van der Waals surface area contributed by atoms with E-state index in [4.69, 9.17) is 8.37 Å². The third-order valence-electron chi connectivity index (χ3n) is 7.49. The molecule has 202 valence electrons. The summed E-state index contributed by atoms with van der Waals surface area (Å²) in [6.45, 7) is 0. The minimum absolute atomic E-state index is 0.153. The molecule has 0 N–H and O–H groups in total. The van der Waals surface area contributed by atoms with E-state index < -0.39 is 20.4 Å². The topological polar surface area (TPSA) is 52.6 Å². The van der Waals surface area contributed by atoms with Crippen LogP contribution in [0.25, 0.3) is 32.3 Å². The maximum Gasteiger partial charge on any atom is 0.307 e. The summed E-state index contributed by atoms with van der Waals surface area (Å²) in [5.74, 6) is 0.679. The SMILES string of the molecule is COc1ccc(S(OS(=O)(=O)c2ccc3ccc4cccc5ccc2c3c45)(c2ccccc2)c2ccccc2)cc1. The molecule has 0 unspecified atom stereocenters. The van der Waals surface area contributed by atoms with Gasteiger partial charge in [-0.05, 0) is 91.8 Å². The molecule has 0 aromatic heterocycles. The molecule has 0 saturated heterocycles. The Bertz CT molecular complexity index is 2050. The Morgan fingerprint density at radius 2 is 1.00 bits per heavy atom. The fourth-order valence-electron chi connectivity index (χ4n) is 5.62. The second-order valence-corrected chi connectivity index (χ2v) is 14.2. The van der Waals surface area contributed by atoms with Crippen molar-refractivity contribution in [3.05, 3.63) is 140 Å². The lowest BCUT2D eigenvalue weighted by Crippen LogP contribution is -2.15. The molecule has 7 rings (SSSR count). The number of rotatable bonds is 7. The van der Waals surface area contributed by atoms with Gasteiger partial charge < -0.3 is 4.74 Å². The van der Waals surface area contributed by atoms with Crippen molar-refractivity contribution < 1.29 is 16.8 Å². The molecule has 0 amide bonds. The first-order valence-corrected chi connectivity index (χ1v) is 16.2. The van der Waals surface area contributed by atoms with Crippen LogP contribution in [0.2, 0.25) is 0 Å². The van der Waals surface area contributed by atoms with Crippen LogP contribution in [0.15, 0.2) is 159 Å². The molecular formula is C35H26O4S2. The Morgan fingerprint density at radius 1 is 0.488 bits per heavy atom. The molecule has 4 nitrogen and oxygen atoms in total. The summed E-state index contributed by atoms with van der Waals surface area (Å²) in [6.07, 6.45) is 0. The van der Waals surface area contributed by atoms with Crippen molar-refractivity contribution in [2.45, 2.75) is 19.6 Å². The molecule has 0 radical (unpaired) electrons. The minimum Gasteiger partial charge on any atom is -0.497 e. The summed E-state index contributed by atoms with van der Waals surface area (Å²) in [5.41, 5.74) is 0. The molecule has 0 aliphatic carbocycles. The third kappa shape index (κ3) is 4.15. The average molecular weight is 575 g/mol. The Balaban J connectivity index is 1.50. The van der Waals surface area contributed by atoms with Crippen molar-refractivity contribution in [3.8, 4) is 5.75 Å². The smallest absolute Gasteiger partial charge is 0.307 e. The van der Waals surface area contributed by atoms with Crippen LogP contribution in [0.1, 0.15) is 0 Å². The van der Waals surface area contributed by atoms with E-state index in [-0.39, 0.29) is 4.90 Å². The quantitative estimate of drug-likeness (QED) is 0.178. The van der Waals surface area contributed by atoms with Gasteiger partial charge in [-0.2, -0.15) is 8.42 Å². The number of hydrogen-bond donors (Lipinski definition) is 0. The summed E-state index contributed by atoms with van der Waals surface area (Å²) in [7, 11) is -5.42. The first-order valence-electron chi connectivity index (χ1n) is 13.2. The fraction of sp³-hybridized carbons (Fsp3) is 0.0286. The largest absolute Gasteiger partial charge is 0.497 e. The number of ether oxygens (including phenoxy) is 1. The monoisotopic (exact) mass is 574 g/mol. The lowest BCUT2D eigenvalue weighted by molar-refractivity contribution is 0.414. The molecule has 0 fully saturated rings. The predicted octanol–water partition coefficient (Wildman–Crippen LogP) is 9.19. The molecule has 0 heterocycles. The molecule has 41 heavy (non-hydrogen) atoms. The Labute approximate surface area is 240 Å². The van der Waals surface area contributed by atoms with Crippen LogP contribution in [0, 0.1) is 0 Å². The molecule has 0 saturated carbocycles. The standard InChI is InChI=1S/C35H26O4S2/c1-38-28-19-21-31(22-20-28)40(29-11-4-2-5-12-29,30-13-6-3-7-14-30)39-41(36,37)33-24-18-27-16-15-25-9-8-10-26-17-23-32(33)35(27)34(25)26/h2-24H,1H3. The van der Waals surface area contributed by atoms with Gasteiger partial charge in [-0.3, -0.25) is 0 Å². The zero-order valence-electron chi connectivity index (χ0n) is 22.2. The number of hydrogen-bond acceptors (Lipinski definition) is 4. The molecule has 7 aromatic carbocycles. The van der Waals surface area contributed by atoms with E-state index in [1.54, 1.807) is 13.2 Å². The van der Waals surface area contributed by atoms with Crippen LogP contribution in [0.5, 0.6) is 5.75 Å². The predicted molar refractivity (Wildman–Crippen MR) is 167 cm³/mol. The van der Waals surface area contributed by atoms with Crippen LogP contribution >= 0.6 is 10.3 Å². The number of methoxy groups -OCH3 is 1. The molecule has 0 aliphatic heterocycles. The molecule has 0 atom stereocenters. The van der Waals surface area contributed by atoms with E-state index >= 15 is 0 Å². The van der Waals surface area contributed by atoms with Gasteiger partial charge in [0, 0.05) is 20.1 Å². The van der Waals surface area contributed by atoms with Gasteiger partial charge in [0.15, 0.2) is 0 Å². The third-order valence-corrected chi connectivity index (χ3v) is 12.7. The van der Waals surface area contributed by atoms with Gasteiger partial charge in [0.25, 0.3) is 0 Å². The van der Waals surface area contributed by atoms with Crippen LogP contribution < -0.4 is 4.74 Å². The van der Waals surface area contributed by atoms with Crippen molar-refractivity contribution in [3.63, 3.8) is 0 Å². The molecule has 6 heteroatoms. The van der Waals surface area contributed by atoms with E-state index in [1.807, 2.05) is 115 Å². The lowest BCUT2D eigenvalue weighted by atomic mass is 9.94. The summed E-state index contributed by atoms with van der Waals surface area (Å²) in [5, 5.41) is 5.76. The Hall–Kier alpha value is -4.36. The van der Waals surface area contributed by atoms with Gasteiger partial charge in [-0.25, -0.2) is 3.63 Å². The highest BCUT2D eigenvalue weighted by atomic mass is 32.3. The highest BCUT2D eigenvalue weighted by molar-refractivity contribution is 8.33. The summed E-state index contributed by atoms with van der Waals surface area (Å²) < 4.78 is 41.3. The van der Waals surface area contributed by atoms with E-state index in [2.05, 4.69) is 18.2 Å². The van der Waals surface area contributed by atoms with Gasteiger partial charge in [0.05, 0.1) is 7.11 Å². The summed E-state index contributed by atoms with van der Waals surface area (Å²) in [6, 6.07) is 44.4. The molecular weight excluding hydrogens is 549 g/mol. The van der Waals surface area contributed by atoms with Crippen LogP contribution in [-0.4, -0.2) is 15.5 Å². The van der Waals surface area contributed by atoms with Gasteiger partial charge in [-0.15, -0.1) is 0 Å². The van der Waals surface area contributed by atoms with Crippen molar-refractivity contribution in [2.75, 3.05) is 7.11 Å². The number of benzene rings is 7. The van der Waals surface area contributed by atoms with Crippen LogP contribution in [-0.2, 0) is 13.7 Å². The van der Waals surface area contributed by atoms with Crippen molar-refractivity contribution in [2.24, 2.45) is 0 Å². The van der Waals surface area contributed by atoms with Gasteiger partial charge >= 0.3 is 10.1 Å². The second kappa shape index (κ2) is 9.93. The average Bonchev–Trinajstić information content (AvgIpc) is 3.03. The first kappa shape index (κ1) is 25.6. The highest BCUT2D eigenvalue weighted by Gasteiger charge is 2.39. The maximum atomic E-state index is 14.6. The van der Waals surface area contributed by atoms with Crippen LogP contribution in [0.4, 0.5) is 0 Å². The molecule has 0 bridgehead atoms. The van der Waals surface area contributed by atoms with Crippen molar-refractivity contribution in [1.82, 2.24) is 0 Å². The fourth-order valence-corrected chi connectivity index (χ4v) is 11.0. The van der Waals surface area contributed by atoms with E-state index in [0.29, 0.717) is 11.1 Å². The van der Waals surface area contributed by atoms with Gasteiger partial charge in [-0.1, -0.05) is 84.9 Å². The molecule has 0 spiro atoms. The van der Waals surface area contributed by atoms with E-state index in [1.165, 1.54) is 0 Å². The molecule has 7 aromatic rings. The zero-order chi connectivity index (χ0) is 28.0. The van der Waals surface area contributed by atoms with Crippen LogP contribution in [0.3, 0.4) is 0 Å².